The second kappa shape index (κ2) is 9.82. The molecule has 0 bridgehead atoms. The van der Waals surface area contributed by atoms with Crippen LogP contribution in [0, 0.1) is 0 Å². The van der Waals surface area contributed by atoms with Gasteiger partial charge in [0, 0.05) is 20.1 Å². The van der Waals surface area contributed by atoms with Crippen LogP contribution in [0.1, 0.15) is 23.8 Å². The normalized spacial score (nSPS) is 12.0. The van der Waals surface area contributed by atoms with Crippen LogP contribution < -0.4 is 10.6 Å². The topological polar surface area (TPSA) is 69.9 Å². The van der Waals surface area contributed by atoms with E-state index in [-0.39, 0.29) is 19.0 Å². The molecule has 0 aliphatic rings. The van der Waals surface area contributed by atoms with Crippen LogP contribution in [0.15, 0.2) is 52.1 Å². The lowest BCUT2D eigenvalue weighted by Crippen LogP contribution is -2.39. The smallest absolute Gasteiger partial charge is 0.416 e. The Balaban J connectivity index is 1.93. The fourth-order valence-corrected chi connectivity index (χ4v) is 2.42. The maximum absolute atomic E-state index is 12.7. The fraction of sp³-hybridized carbons (Fsp3) is 0.368. The first-order valence-corrected chi connectivity index (χ1v) is 8.74. The molecular formula is C19H23F3N4O2. The molecule has 0 fully saturated rings. The zero-order chi connectivity index (χ0) is 20.6. The number of halogens is 3. The van der Waals surface area contributed by atoms with Gasteiger partial charge in [-0.05, 0) is 36.8 Å². The minimum atomic E-state index is -4.36. The highest BCUT2D eigenvalue weighted by Crippen LogP contribution is 2.29. The number of hydrogen-bond donors (Lipinski definition) is 2. The Morgan fingerprint density at radius 2 is 1.89 bits per heavy atom. The predicted molar refractivity (Wildman–Crippen MR) is 99.4 cm³/mol. The molecule has 0 aliphatic carbocycles. The molecule has 1 aromatic carbocycles. The number of alkyl halides is 3. The van der Waals surface area contributed by atoms with E-state index in [1.807, 2.05) is 6.92 Å². The highest BCUT2D eigenvalue weighted by Gasteiger charge is 2.29. The zero-order valence-electron chi connectivity index (χ0n) is 15.7. The maximum atomic E-state index is 12.7. The largest absolute Gasteiger partial charge is 0.467 e. The maximum Gasteiger partial charge on any atom is 0.416 e. The van der Waals surface area contributed by atoms with E-state index in [9.17, 15) is 18.0 Å². The van der Waals surface area contributed by atoms with Crippen LogP contribution in [0.5, 0.6) is 0 Å². The molecule has 28 heavy (non-hydrogen) atoms. The molecule has 1 amide bonds. The second-order valence-electron chi connectivity index (χ2n) is 6.08. The summed E-state index contributed by atoms with van der Waals surface area (Å²) in [4.78, 5) is 18.0. The van der Waals surface area contributed by atoms with Crippen molar-refractivity contribution in [2.45, 2.75) is 26.2 Å². The van der Waals surface area contributed by atoms with Crippen molar-refractivity contribution in [3.05, 3.63) is 59.5 Å². The van der Waals surface area contributed by atoms with Crippen molar-refractivity contribution >= 4 is 11.9 Å². The van der Waals surface area contributed by atoms with Crippen molar-refractivity contribution in [3.8, 4) is 0 Å². The lowest BCUT2D eigenvalue weighted by molar-refractivity contribution is -0.137. The van der Waals surface area contributed by atoms with E-state index in [0.717, 1.165) is 12.1 Å². The Hall–Kier alpha value is -2.97. The Kier molecular flexibility index (Phi) is 7.48. The minimum absolute atomic E-state index is 0.0829. The Bertz CT molecular complexity index is 771. The first kappa shape index (κ1) is 21.3. The summed E-state index contributed by atoms with van der Waals surface area (Å²) in [5, 5.41) is 5.76. The van der Waals surface area contributed by atoms with Gasteiger partial charge in [0.1, 0.15) is 12.3 Å². The Labute approximate surface area is 161 Å². The van der Waals surface area contributed by atoms with E-state index < -0.39 is 11.7 Å². The zero-order valence-corrected chi connectivity index (χ0v) is 15.7. The van der Waals surface area contributed by atoms with E-state index >= 15 is 0 Å². The van der Waals surface area contributed by atoms with Crippen LogP contribution in [0.3, 0.4) is 0 Å². The first-order chi connectivity index (χ1) is 13.3. The number of furan rings is 1. The summed E-state index contributed by atoms with van der Waals surface area (Å²) in [5.41, 5.74) is 0.0103. The molecule has 9 heteroatoms. The lowest BCUT2D eigenvalue weighted by Gasteiger charge is -2.22. The van der Waals surface area contributed by atoms with Gasteiger partial charge in [-0.25, -0.2) is 4.99 Å². The van der Waals surface area contributed by atoms with Crippen LogP contribution in [0.25, 0.3) is 0 Å². The number of rotatable bonds is 7. The number of nitrogens with zero attached hydrogens (tertiary/aromatic N) is 2. The van der Waals surface area contributed by atoms with Gasteiger partial charge < -0.3 is 20.0 Å². The van der Waals surface area contributed by atoms with Gasteiger partial charge in [0.25, 0.3) is 0 Å². The average molecular weight is 396 g/mol. The Morgan fingerprint density at radius 3 is 2.46 bits per heavy atom. The minimum Gasteiger partial charge on any atom is -0.467 e. The molecule has 0 aliphatic heterocycles. The van der Waals surface area contributed by atoms with Gasteiger partial charge in [-0.3, -0.25) is 4.79 Å². The average Bonchev–Trinajstić information content (AvgIpc) is 3.16. The van der Waals surface area contributed by atoms with Gasteiger partial charge in [-0.15, -0.1) is 0 Å². The number of nitrogens with one attached hydrogen (secondary N) is 2. The molecule has 0 spiro atoms. The predicted octanol–water partition coefficient (Wildman–Crippen LogP) is 3.01. The molecule has 0 saturated heterocycles. The summed E-state index contributed by atoms with van der Waals surface area (Å²) in [6.07, 6.45) is -2.83. The third-order valence-electron chi connectivity index (χ3n) is 3.81. The molecule has 152 valence electrons. The van der Waals surface area contributed by atoms with Gasteiger partial charge in [-0.1, -0.05) is 12.1 Å². The standard InChI is InChI=1S/C19H23F3N4O2/c1-3-23-18(25-12-17(27)24-11-16-5-4-10-28-16)26(2)13-14-6-8-15(9-7-14)19(20,21)22/h4-10H,3,11-13H2,1-2H3,(H,23,25)(H,24,27). The number of hydrogen-bond acceptors (Lipinski definition) is 3. The summed E-state index contributed by atoms with van der Waals surface area (Å²) in [7, 11) is 1.75. The highest BCUT2D eigenvalue weighted by atomic mass is 19.4. The summed E-state index contributed by atoms with van der Waals surface area (Å²) in [5.74, 6) is 0.855. The number of benzene rings is 1. The highest BCUT2D eigenvalue weighted by molar-refractivity contribution is 5.84. The summed E-state index contributed by atoms with van der Waals surface area (Å²) >= 11 is 0. The van der Waals surface area contributed by atoms with Crippen molar-refractivity contribution in [1.29, 1.82) is 0 Å². The summed E-state index contributed by atoms with van der Waals surface area (Å²) in [6.45, 7) is 3.01. The van der Waals surface area contributed by atoms with E-state index in [1.54, 1.807) is 24.1 Å². The van der Waals surface area contributed by atoms with Crippen LogP contribution in [0.2, 0.25) is 0 Å². The van der Waals surface area contributed by atoms with Crippen LogP contribution in [0.4, 0.5) is 13.2 Å². The van der Waals surface area contributed by atoms with Crippen molar-refractivity contribution in [2.75, 3.05) is 20.1 Å². The molecule has 0 saturated carbocycles. The third kappa shape index (κ3) is 6.64. The van der Waals surface area contributed by atoms with E-state index in [2.05, 4.69) is 15.6 Å². The second-order valence-corrected chi connectivity index (χ2v) is 6.08. The first-order valence-electron chi connectivity index (χ1n) is 8.74. The molecule has 6 nitrogen and oxygen atoms in total. The molecule has 0 radical (unpaired) electrons. The van der Waals surface area contributed by atoms with Crippen molar-refractivity contribution in [1.82, 2.24) is 15.5 Å². The molecular weight excluding hydrogens is 373 g/mol. The number of aliphatic imine (C=N–C) groups is 1. The SMILES string of the molecule is CCNC(=NCC(=O)NCc1ccco1)N(C)Cc1ccc(C(F)(F)F)cc1. The van der Waals surface area contributed by atoms with Crippen molar-refractivity contribution < 1.29 is 22.4 Å². The van der Waals surface area contributed by atoms with Gasteiger partial charge in [0.2, 0.25) is 5.91 Å². The molecule has 2 N–H and O–H groups in total. The fourth-order valence-electron chi connectivity index (χ4n) is 2.42. The lowest BCUT2D eigenvalue weighted by atomic mass is 10.1. The molecule has 0 unspecified atom stereocenters. The number of carbonyl (C=O) groups excluding carboxylic acids is 1. The number of guanidine groups is 1. The van der Waals surface area contributed by atoms with Crippen LogP contribution >= 0.6 is 0 Å². The van der Waals surface area contributed by atoms with Crippen LogP contribution in [-0.2, 0) is 24.1 Å². The van der Waals surface area contributed by atoms with Crippen LogP contribution in [-0.4, -0.2) is 36.9 Å². The molecule has 2 aromatic rings. The molecule has 1 heterocycles. The third-order valence-corrected chi connectivity index (χ3v) is 3.81. The van der Waals surface area contributed by atoms with Gasteiger partial charge in [0.15, 0.2) is 5.96 Å². The Morgan fingerprint density at radius 1 is 1.18 bits per heavy atom. The molecule has 1 aromatic heterocycles. The van der Waals surface area contributed by atoms with Gasteiger partial charge >= 0.3 is 6.18 Å². The number of carbonyl (C=O) groups is 1. The quantitative estimate of drug-likeness (QED) is 0.558. The van der Waals surface area contributed by atoms with Crippen molar-refractivity contribution in [2.24, 2.45) is 4.99 Å². The monoisotopic (exact) mass is 396 g/mol. The van der Waals surface area contributed by atoms with Crippen molar-refractivity contribution in [3.63, 3.8) is 0 Å². The summed E-state index contributed by atoms with van der Waals surface area (Å²) in [6, 6.07) is 8.45. The van der Waals surface area contributed by atoms with Gasteiger partial charge in [0.05, 0.1) is 18.4 Å². The number of amides is 1. The molecule has 0 atom stereocenters. The van der Waals surface area contributed by atoms with E-state index in [1.165, 1.54) is 18.4 Å². The summed E-state index contributed by atoms with van der Waals surface area (Å²) < 4.78 is 43.1. The van der Waals surface area contributed by atoms with E-state index in [0.29, 0.717) is 30.4 Å². The van der Waals surface area contributed by atoms with Gasteiger partial charge in [-0.2, -0.15) is 13.2 Å². The molecule has 2 rings (SSSR count). The van der Waals surface area contributed by atoms with E-state index in [4.69, 9.17) is 4.42 Å².